The second-order valence-electron chi connectivity index (χ2n) is 6.40. The zero-order chi connectivity index (χ0) is 20.6. The van der Waals surface area contributed by atoms with Gasteiger partial charge in [0.2, 0.25) is 0 Å². The van der Waals surface area contributed by atoms with E-state index < -0.39 is 28.5 Å². The van der Waals surface area contributed by atoms with E-state index in [4.69, 9.17) is 4.74 Å². The second kappa shape index (κ2) is 7.31. The van der Waals surface area contributed by atoms with Crippen molar-refractivity contribution in [2.75, 3.05) is 6.26 Å². The highest BCUT2D eigenvalue weighted by atomic mass is 32.2. The summed E-state index contributed by atoms with van der Waals surface area (Å²) in [5, 5.41) is 0. The van der Waals surface area contributed by atoms with Gasteiger partial charge in [0.15, 0.2) is 21.8 Å². The molecule has 2 aromatic carbocycles. The van der Waals surface area contributed by atoms with E-state index in [0.29, 0.717) is 15.6 Å². The standard InChI is InChI=1S/C19H18F2N2O4S/c1-11-8-9-13(28(3,25)26)10-14(11)18(24)27-12(2)17-22-15-6-4-5-7-16(15)23(17)19(20)21/h4-10,12,19H,1-3H3/t12-/m0/s1. The lowest BCUT2D eigenvalue weighted by Crippen LogP contribution is -2.16. The van der Waals surface area contributed by atoms with Crippen LogP contribution in [0.5, 0.6) is 0 Å². The fourth-order valence-electron chi connectivity index (χ4n) is 2.88. The third-order valence-corrected chi connectivity index (χ3v) is 5.43. The minimum atomic E-state index is -3.51. The third kappa shape index (κ3) is 3.75. The molecular weight excluding hydrogens is 390 g/mol. The Kier molecular flexibility index (Phi) is 5.20. The number of sulfone groups is 1. The van der Waals surface area contributed by atoms with Crippen molar-refractivity contribution in [2.24, 2.45) is 0 Å². The van der Waals surface area contributed by atoms with E-state index in [0.717, 1.165) is 6.26 Å². The van der Waals surface area contributed by atoms with E-state index in [1.807, 2.05) is 0 Å². The maximum absolute atomic E-state index is 13.6. The topological polar surface area (TPSA) is 78.3 Å². The number of aryl methyl sites for hydroxylation is 1. The molecule has 6 nitrogen and oxygen atoms in total. The van der Waals surface area contributed by atoms with Crippen molar-refractivity contribution >= 4 is 26.8 Å². The number of alkyl halides is 2. The molecule has 0 saturated carbocycles. The van der Waals surface area contributed by atoms with Crippen LogP contribution in [0.1, 0.15) is 41.3 Å². The van der Waals surface area contributed by atoms with Gasteiger partial charge in [0, 0.05) is 6.26 Å². The van der Waals surface area contributed by atoms with Crippen LogP contribution < -0.4 is 0 Å². The summed E-state index contributed by atoms with van der Waals surface area (Å²) in [5.74, 6) is -0.912. The van der Waals surface area contributed by atoms with Crippen LogP contribution >= 0.6 is 0 Å². The number of benzene rings is 2. The molecule has 0 N–H and O–H groups in total. The molecule has 0 fully saturated rings. The van der Waals surface area contributed by atoms with Crippen LogP contribution in [0, 0.1) is 6.92 Å². The molecule has 0 spiro atoms. The minimum Gasteiger partial charge on any atom is -0.451 e. The summed E-state index contributed by atoms with van der Waals surface area (Å²) in [4.78, 5) is 16.7. The number of halogens is 2. The van der Waals surface area contributed by atoms with Crippen molar-refractivity contribution in [2.45, 2.75) is 31.4 Å². The Hall–Kier alpha value is -2.81. The van der Waals surface area contributed by atoms with Gasteiger partial charge in [-0.25, -0.2) is 18.2 Å². The zero-order valence-electron chi connectivity index (χ0n) is 15.4. The summed E-state index contributed by atoms with van der Waals surface area (Å²) in [7, 11) is -3.51. The lowest BCUT2D eigenvalue weighted by atomic mass is 10.1. The molecule has 148 valence electrons. The van der Waals surface area contributed by atoms with Crippen LogP contribution in [0.25, 0.3) is 11.0 Å². The number of fused-ring (bicyclic) bond motifs is 1. The SMILES string of the molecule is Cc1ccc(S(C)(=O)=O)cc1C(=O)O[C@@H](C)c1nc2ccccc2n1C(F)F. The van der Waals surface area contributed by atoms with E-state index in [-0.39, 0.29) is 21.8 Å². The molecule has 0 aliphatic carbocycles. The van der Waals surface area contributed by atoms with Crippen LogP contribution in [0.15, 0.2) is 47.4 Å². The molecule has 0 aliphatic heterocycles. The molecule has 0 radical (unpaired) electrons. The number of nitrogens with zero attached hydrogens (tertiary/aromatic N) is 2. The maximum Gasteiger partial charge on any atom is 0.339 e. The van der Waals surface area contributed by atoms with Gasteiger partial charge in [0.05, 0.1) is 21.5 Å². The molecule has 9 heteroatoms. The number of hydrogen-bond donors (Lipinski definition) is 0. The monoisotopic (exact) mass is 408 g/mol. The summed E-state index contributed by atoms with van der Waals surface area (Å²) < 4.78 is 56.7. The number of carbonyl (C=O) groups is 1. The van der Waals surface area contributed by atoms with Crippen molar-refractivity contribution in [3.05, 3.63) is 59.4 Å². The van der Waals surface area contributed by atoms with Crippen molar-refractivity contribution in [3.63, 3.8) is 0 Å². The van der Waals surface area contributed by atoms with Crippen molar-refractivity contribution in [3.8, 4) is 0 Å². The predicted molar refractivity (Wildman–Crippen MR) is 99.1 cm³/mol. The molecule has 0 unspecified atom stereocenters. The summed E-state index contributed by atoms with van der Waals surface area (Å²) in [6.45, 7) is 0.203. The molecule has 3 rings (SSSR count). The smallest absolute Gasteiger partial charge is 0.339 e. The Bertz CT molecular complexity index is 1160. The molecular formula is C19H18F2N2O4S. The summed E-state index contributed by atoms with van der Waals surface area (Å²) in [5.41, 5.74) is 1.14. The average molecular weight is 408 g/mol. The number of ether oxygens (including phenoxy) is 1. The van der Waals surface area contributed by atoms with Gasteiger partial charge in [0.25, 0.3) is 0 Å². The van der Waals surface area contributed by atoms with Gasteiger partial charge in [-0.1, -0.05) is 18.2 Å². The molecule has 0 bridgehead atoms. The van der Waals surface area contributed by atoms with Crippen molar-refractivity contribution in [1.29, 1.82) is 0 Å². The van der Waals surface area contributed by atoms with Crippen molar-refractivity contribution in [1.82, 2.24) is 9.55 Å². The first-order chi connectivity index (χ1) is 13.1. The number of para-hydroxylation sites is 2. The third-order valence-electron chi connectivity index (χ3n) is 4.32. The number of hydrogen-bond acceptors (Lipinski definition) is 5. The Morgan fingerprint density at radius 1 is 1.18 bits per heavy atom. The number of aromatic nitrogens is 2. The number of rotatable bonds is 5. The molecule has 0 aliphatic rings. The number of carbonyl (C=O) groups excluding carboxylic acids is 1. The molecule has 0 saturated heterocycles. The fraction of sp³-hybridized carbons (Fsp3) is 0.263. The molecule has 0 amide bonds. The van der Waals surface area contributed by atoms with E-state index in [1.54, 1.807) is 25.1 Å². The zero-order valence-corrected chi connectivity index (χ0v) is 16.2. The first-order valence-electron chi connectivity index (χ1n) is 8.36. The Balaban J connectivity index is 1.96. The molecule has 1 aromatic heterocycles. The van der Waals surface area contributed by atoms with Gasteiger partial charge >= 0.3 is 12.5 Å². The van der Waals surface area contributed by atoms with Gasteiger partial charge in [-0.3, -0.25) is 4.57 Å². The fourth-order valence-corrected chi connectivity index (χ4v) is 3.53. The van der Waals surface area contributed by atoms with Crippen LogP contribution in [0.3, 0.4) is 0 Å². The first kappa shape index (κ1) is 19.9. The highest BCUT2D eigenvalue weighted by Gasteiger charge is 2.25. The predicted octanol–water partition coefficient (Wildman–Crippen LogP) is 4.06. The van der Waals surface area contributed by atoms with E-state index in [2.05, 4.69) is 4.98 Å². The summed E-state index contributed by atoms with van der Waals surface area (Å²) in [6.07, 6.45) is -0.0457. The van der Waals surface area contributed by atoms with Gasteiger partial charge < -0.3 is 4.74 Å². The summed E-state index contributed by atoms with van der Waals surface area (Å²) in [6, 6.07) is 10.5. The Morgan fingerprint density at radius 2 is 1.86 bits per heavy atom. The van der Waals surface area contributed by atoms with Gasteiger partial charge in [-0.05, 0) is 43.7 Å². The number of imidazole rings is 1. The number of esters is 1. The maximum atomic E-state index is 13.6. The van der Waals surface area contributed by atoms with Crippen LogP contribution in [0.4, 0.5) is 8.78 Å². The average Bonchev–Trinajstić information content (AvgIpc) is 3.00. The van der Waals surface area contributed by atoms with E-state index >= 15 is 0 Å². The van der Waals surface area contributed by atoms with E-state index in [1.165, 1.54) is 31.2 Å². The molecule has 1 heterocycles. The van der Waals surface area contributed by atoms with Crippen LogP contribution in [-0.2, 0) is 14.6 Å². The first-order valence-corrected chi connectivity index (χ1v) is 10.3. The van der Waals surface area contributed by atoms with Gasteiger partial charge in [0.1, 0.15) is 0 Å². The minimum absolute atomic E-state index is 0.0301. The van der Waals surface area contributed by atoms with Crippen LogP contribution in [0.2, 0.25) is 0 Å². The molecule has 1 atom stereocenters. The lowest BCUT2D eigenvalue weighted by molar-refractivity contribution is 0.0232. The Labute approximate surface area is 160 Å². The van der Waals surface area contributed by atoms with Crippen molar-refractivity contribution < 1.29 is 26.7 Å². The van der Waals surface area contributed by atoms with Gasteiger partial charge in [-0.2, -0.15) is 8.78 Å². The molecule has 28 heavy (non-hydrogen) atoms. The second-order valence-corrected chi connectivity index (χ2v) is 8.42. The van der Waals surface area contributed by atoms with Gasteiger partial charge in [-0.15, -0.1) is 0 Å². The highest BCUT2D eigenvalue weighted by molar-refractivity contribution is 7.90. The quantitative estimate of drug-likeness (QED) is 0.595. The highest BCUT2D eigenvalue weighted by Crippen LogP contribution is 2.29. The molecule has 3 aromatic rings. The van der Waals surface area contributed by atoms with E-state index in [9.17, 15) is 22.0 Å². The Morgan fingerprint density at radius 3 is 2.50 bits per heavy atom. The summed E-state index contributed by atoms with van der Waals surface area (Å²) >= 11 is 0. The largest absolute Gasteiger partial charge is 0.451 e. The lowest BCUT2D eigenvalue weighted by Gasteiger charge is -2.16. The van der Waals surface area contributed by atoms with Crippen LogP contribution in [-0.4, -0.2) is 30.2 Å². The normalized spacial score (nSPS) is 13.1.